The van der Waals surface area contributed by atoms with Gasteiger partial charge in [-0.2, -0.15) is 14.5 Å². The van der Waals surface area contributed by atoms with E-state index in [9.17, 15) is 19.9 Å². The molecule has 0 aliphatic carbocycles. The maximum atomic E-state index is 13.6. The third-order valence-corrected chi connectivity index (χ3v) is 7.34. The van der Waals surface area contributed by atoms with Crippen molar-refractivity contribution in [3.05, 3.63) is 101 Å². The number of hydrogen-bond donors (Lipinski definition) is 1. The highest BCUT2D eigenvalue weighted by Crippen LogP contribution is 2.30. The van der Waals surface area contributed by atoms with E-state index in [0.29, 0.717) is 40.5 Å². The van der Waals surface area contributed by atoms with Gasteiger partial charge < -0.3 is 15.2 Å². The molecule has 12 nitrogen and oxygen atoms in total. The molecule has 1 saturated heterocycles. The molecule has 4 heterocycles. The number of hydrogen-bond acceptors (Lipinski definition) is 7. The number of pyridine rings is 1. The van der Waals surface area contributed by atoms with E-state index in [2.05, 4.69) is 20.6 Å². The number of amides is 1. The van der Waals surface area contributed by atoms with Crippen LogP contribution in [0.4, 0.5) is 0 Å². The van der Waals surface area contributed by atoms with Crippen molar-refractivity contribution in [3.63, 3.8) is 0 Å². The largest absolute Gasteiger partial charge is 0.618 e. The second-order valence-electron chi connectivity index (χ2n) is 9.63. The van der Waals surface area contributed by atoms with Crippen LogP contribution in [0.15, 0.2) is 79.5 Å². The number of carboxylic acid groups (broad SMARTS) is 1. The van der Waals surface area contributed by atoms with Crippen LogP contribution in [0.25, 0.3) is 27.9 Å². The summed E-state index contributed by atoms with van der Waals surface area (Å²) in [6.45, 7) is 0.876. The van der Waals surface area contributed by atoms with Crippen LogP contribution in [0.5, 0.6) is 0 Å². The number of halogens is 1. The van der Waals surface area contributed by atoms with Crippen LogP contribution in [0, 0.1) is 5.21 Å². The van der Waals surface area contributed by atoms with Crippen molar-refractivity contribution in [1.82, 2.24) is 34.9 Å². The predicted octanol–water partition coefficient (Wildman–Crippen LogP) is 3.39. The number of aromatic carboxylic acids is 1. The average Bonchev–Trinajstić information content (AvgIpc) is 3.75. The molecule has 2 aromatic carbocycles. The molecule has 13 heteroatoms. The lowest BCUT2D eigenvalue weighted by Gasteiger charge is -2.23. The minimum absolute atomic E-state index is 0.0331. The third-order valence-electron chi connectivity index (χ3n) is 7.10. The van der Waals surface area contributed by atoms with Crippen molar-refractivity contribution in [2.45, 2.75) is 18.9 Å². The van der Waals surface area contributed by atoms with E-state index in [-0.39, 0.29) is 18.0 Å². The Labute approximate surface area is 238 Å². The molecule has 0 saturated carbocycles. The number of benzene rings is 2. The van der Waals surface area contributed by atoms with E-state index in [1.165, 1.54) is 29.3 Å². The topological polar surface area (TPSA) is 146 Å². The Morgan fingerprint density at radius 2 is 1.90 bits per heavy atom. The smallest absolute Gasteiger partial charge is 0.335 e. The summed E-state index contributed by atoms with van der Waals surface area (Å²) in [6, 6.07) is 14.7. The van der Waals surface area contributed by atoms with Gasteiger partial charge in [0.2, 0.25) is 11.6 Å². The molecule has 0 radical (unpaired) electrons. The first-order valence-corrected chi connectivity index (χ1v) is 13.2. The molecule has 1 N–H and O–H groups in total. The lowest BCUT2D eigenvalue weighted by atomic mass is 10.0. The summed E-state index contributed by atoms with van der Waals surface area (Å²) in [7, 11) is 0. The molecule has 6 rings (SSSR count). The summed E-state index contributed by atoms with van der Waals surface area (Å²) in [5, 5.41) is 39.2. The van der Waals surface area contributed by atoms with E-state index in [1.54, 1.807) is 58.4 Å². The van der Waals surface area contributed by atoms with Gasteiger partial charge in [0.05, 0.1) is 24.0 Å². The van der Waals surface area contributed by atoms with E-state index in [0.717, 1.165) is 22.3 Å². The number of likely N-dealkylation sites (tertiary alicyclic amines) is 1. The van der Waals surface area contributed by atoms with Crippen molar-refractivity contribution >= 4 is 23.5 Å². The van der Waals surface area contributed by atoms with E-state index in [1.807, 2.05) is 6.07 Å². The summed E-state index contributed by atoms with van der Waals surface area (Å²) in [5.74, 6) is -0.973. The van der Waals surface area contributed by atoms with Gasteiger partial charge in [-0.25, -0.2) is 4.79 Å². The Hall–Kier alpha value is -5.10. The van der Waals surface area contributed by atoms with Gasteiger partial charge in [0, 0.05) is 46.9 Å². The Balaban J connectivity index is 1.38. The summed E-state index contributed by atoms with van der Waals surface area (Å²) >= 11 is 6.29. The van der Waals surface area contributed by atoms with E-state index in [4.69, 9.17) is 11.6 Å². The molecule has 1 atom stereocenters. The third kappa shape index (κ3) is 5.24. The van der Waals surface area contributed by atoms with Gasteiger partial charge in [-0.15, -0.1) is 5.10 Å². The Morgan fingerprint density at radius 3 is 2.59 bits per heavy atom. The second-order valence-corrected chi connectivity index (χ2v) is 10.1. The molecule has 1 aliphatic rings. The normalized spacial score (nSPS) is 14.0. The van der Waals surface area contributed by atoms with Crippen molar-refractivity contribution in [3.8, 4) is 27.9 Å². The number of carbonyl (C=O) groups excluding carboxylic acids is 1. The van der Waals surface area contributed by atoms with Crippen LogP contribution in [0.1, 0.15) is 34.9 Å². The average molecular weight is 571 g/mol. The molecule has 0 bridgehead atoms. The number of rotatable bonds is 8. The van der Waals surface area contributed by atoms with Crippen molar-refractivity contribution in [2.75, 3.05) is 13.1 Å². The first-order valence-electron chi connectivity index (χ1n) is 12.8. The zero-order valence-corrected chi connectivity index (χ0v) is 22.3. The maximum Gasteiger partial charge on any atom is 0.335 e. The standard InChI is InChI=1S/C28H23ClN8O4/c29-22-8-10-24(36-17-30-32-33-36)23(12-22)20-7-9-25(37(41)15-20)26(16-34-11-1-2-27(34)38)35-14-21(13-31-35)18-3-5-19(6-4-18)28(39)40/h3-10,12-15,17,26H,1-2,11,16H2,(H,39,40). The van der Waals surface area contributed by atoms with Gasteiger partial charge in [0.1, 0.15) is 6.33 Å². The van der Waals surface area contributed by atoms with Gasteiger partial charge in [0.25, 0.3) is 0 Å². The molecule has 0 spiro atoms. The lowest BCUT2D eigenvalue weighted by Crippen LogP contribution is -2.40. The first kappa shape index (κ1) is 26.1. The molecule has 1 unspecified atom stereocenters. The highest BCUT2D eigenvalue weighted by molar-refractivity contribution is 6.31. The van der Waals surface area contributed by atoms with Crippen LogP contribution < -0.4 is 4.73 Å². The van der Waals surface area contributed by atoms with Crippen molar-refractivity contribution < 1.29 is 19.4 Å². The fourth-order valence-corrected chi connectivity index (χ4v) is 5.17. The molecule has 1 amide bonds. The number of aromatic nitrogens is 7. The van der Waals surface area contributed by atoms with Gasteiger partial charge in [-0.3, -0.25) is 9.48 Å². The first-order chi connectivity index (χ1) is 19.9. The number of carboxylic acids is 1. The van der Waals surface area contributed by atoms with Gasteiger partial charge in [-0.1, -0.05) is 23.7 Å². The SMILES string of the molecule is O=C(O)c1ccc(-c2cnn(C(CN3CCCC3=O)c3ccc(-c4cc(Cl)ccc4-n4cnnn4)c[n+]3[O-])c2)cc1. The molecule has 1 aliphatic heterocycles. The second kappa shape index (κ2) is 10.8. The fourth-order valence-electron chi connectivity index (χ4n) is 5.00. The van der Waals surface area contributed by atoms with Crippen LogP contribution in [-0.2, 0) is 4.79 Å². The molecule has 3 aromatic heterocycles. The van der Waals surface area contributed by atoms with E-state index >= 15 is 0 Å². The summed E-state index contributed by atoms with van der Waals surface area (Å²) in [4.78, 5) is 25.5. The summed E-state index contributed by atoms with van der Waals surface area (Å²) < 4.78 is 3.94. The van der Waals surface area contributed by atoms with Crippen molar-refractivity contribution in [1.29, 1.82) is 0 Å². The number of nitrogens with zero attached hydrogens (tertiary/aromatic N) is 8. The van der Waals surface area contributed by atoms with Crippen LogP contribution >= 0.6 is 11.6 Å². The van der Waals surface area contributed by atoms with Crippen LogP contribution in [0.2, 0.25) is 5.02 Å². The number of carbonyl (C=O) groups is 2. The summed E-state index contributed by atoms with van der Waals surface area (Å²) in [6.07, 6.45) is 7.60. The number of tetrazole rings is 1. The monoisotopic (exact) mass is 570 g/mol. The minimum Gasteiger partial charge on any atom is -0.618 e. The molecule has 206 valence electrons. The maximum absolute atomic E-state index is 13.6. The zero-order valence-electron chi connectivity index (χ0n) is 21.5. The summed E-state index contributed by atoms with van der Waals surface area (Å²) in [5.41, 5.74) is 4.03. The van der Waals surface area contributed by atoms with Gasteiger partial charge in [-0.05, 0) is 58.8 Å². The molecule has 5 aromatic rings. The fraction of sp³-hybridized carbons (Fsp3) is 0.179. The van der Waals surface area contributed by atoms with Crippen molar-refractivity contribution in [2.24, 2.45) is 0 Å². The molecular weight excluding hydrogens is 548 g/mol. The zero-order chi connectivity index (χ0) is 28.5. The Bertz CT molecular complexity index is 1740. The minimum atomic E-state index is -1.01. The lowest BCUT2D eigenvalue weighted by molar-refractivity contribution is -0.615. The predicted molar refractivity (Wildman–Crippen MR) is 147 cm³/mol. The van der Waals surface area contributed by atoms with Gasteiger partial charge in [0.15, 0.2) is 12.2 Å². The van der Waals surface area contributed by atoms with Gasteiger partial charge >= 0.3 is 5.97 Å². The van der Waals surface area contributed by atoms with E-state index < -0.39 is 12.0 Å². The van der Waals surface area contributed by atoms with Crippen LogP contribution in [-0.4, -0.2) is 65.0 Å². The molecular formula is C28H23ClN8O4. The Morgan fingerprint density at radius 1 is 1.10 bits per heavy atom. The molecule has 1 fully saturated rings. The molecule has 41 heavy (non-hydrogen) atoms. The highest BCUT2D eigenvalue weighted by Gasteiger charge is 2.30. The quantitative estimate of drug-likeness (QED) is 0.221. The Kier molecular flexibility index (Phi) is 6.89. The van der Waals surface area contributed by atoms with Crippen LogP contribution in [0.3, 0.4) is 0 Å². The highest BCUT2D eigenvalue weighted by atomic mass is 35.5.